The van der Waals surface area contributed by atoms with Crippen LogP contribution in [0.4, 0.5) is 19.1 Å². The Hall–Kier alpha value is -3.29. The molecule has 8 heteroatoms. The maximum Gasteiger partial charge on any atom is 0.416 e. The predicted octanol–water partition coefficient (Wildman–Crippen LogP) is 5.35. The van der Waals surface area contributed by atoms with Crippen LogP contribution in [-0.2, 0) is 12.7 Å². The van der Waals surface area contributed by atoms with Crippen LogP contribution in [0.25, 0.3) is 11.0 Å². The third-order valence-corrected chi connectivity index (χ3v) is 6.12. The summed E-state index contributed by atoms with van der Waals surface area (Å²) in [5.41, 5.74) is 2.39. The fraction of sp³-hybridized carbons (Fsp3) is 0.360. The number of hydrogen-bond donors (Lipinski definition) is 0. The number of fused-ring (bicyclic) bond motifs is 1. The van der Waals surface area contributed by atoms with Crippen molar-refractivity contribution in [3.63, 3.8) is 0 Å². The average Bonchev–Trinajstić information content (AvgIpc) is 3.15. The van der Waals surface area contributed by atoms with E-state index in [1.54, 1.807) is 31.2 Å². The molecule has 3 aromatic rings. The van der Waals surface area contributed by atoms with Crippen LogP contribution in [0.1, 0.15) is 41.8 Å². The van der Waals surface area contributed by atoms with Crippen LogP contribution >= 0.6 is 0 Å². The number of rotatable bonds is 6. The summed E-state index contributed by atoms with van der Waals surface area (Å²) < 4.78 is 42.8. The summed E-state index contributed by atoms with van der Waals surface area (Å²) in [5, 5.41) is 0. The highest BCUT2D eigenvalue weighted by molar-refractivity contribution is 5.99. The normalized spacial score (nSPS) is 14.7. The van der Waals surface area contributed by atoms with Crippen molar-refractivity contribution in [3.05, 3.63) is 71.4 Å². The zero-order valence-electron chi connectivity index (χ0n) is 18.8. The highest BCUT2D eigenvalue weighted by Crippen LogP contribution is 2.34. The lowest BCUT2D eigenvalue weighted by atomic mass is 10.1. The molecule has 2 heterocycles. The number of allylic oxidation sites excluding steroid dienone is 1. The number of alkyl halides is 3. The molecule has 33 heavy (non-hydrogen) atoms. The molecule has 1 fully saturated rings. The van der Waals surface area contributed by atoms with E-state index in [-0.39, 0.29) is 17.9 Å². The first-order valence-electron chi connectivity index (χ1n) is 11.0. The number of carbonyl (C=O) groups is 1. The van der Waals surface area contributed by atoms with Crippen molar-refractivity contribution in [3.8, 4) is 0 Å². The van der Waals surface area contributed by atoms with Crippen LogP contribution in [0.5, 0.6) is 0 Å². The first kappa shape index (κ1) is 22.9. The largest absolute Gasteiger partial charge is 0.416 e. The predicted molar refractivity (Wildman–Crippen MR) is 124 cm³/mol. The number of aromatic nitrogens is 2. The van der Waals surface area contributed by atoms with Crippen molar-refractivity contribution in [1.29, 1.82) is 0 Å². The number of nitrogens with zero attached hydrogens (tertiary/aromatic N) is 4. The highest BCUT2D eigenvalue weighted by atomic mass is 19.4. The van der Waals surface area contributed by atoms with Crippen LogP contribution < -0.4 is 4.90 Å². The van der Waals surface area contributed by atoms with E-state index in [2.05, 4.69) is 16.4 Å². The first-order chi connectivity index (χ1) is 15.7. The molecule has 0 amide bonds. The SMILES string of the molecule is C=C(C)N1CCN(c2nc3cc(C(=O)CC)ccc3n2Cc2ccccc2C(F)(F)F)CC1. The zero-order valence-corrected chi connectivity index (χ0v) is 18.8. The van der Waals surface area contributed by atoms with Crippen molar-refractivity contribution < 1.29 is 18.0 Å². The summed E-state index contributed by atoms with van der Waals surface area (Å²) in [6, 6.07) is 10.9. The molecule has 1 aliphatic rings. The van der Waals surface area contributed by atoms with Gasteiger partial charge in [-0.05, 0) is 36.8 Å². The monoisotopic (exact) mass is 456 g/mol. The van der Waals surface area contributed by atoms with E-state index < -0.39 is 11.7 Å². The Labute approximate surface area is 191 Å². The average molecular weight is 457 g/mol. The number of Topliss-reactive ketones (excluding diaryl/α,β-unsaturated/α-hetero) is 1. The Morgan fingerprint density at radius 1 is 1.09 bits per heavy atom. The second kappa shape index (κ2) is 8.92. The lowest BCUT2D eigenvalue weighted by Gasteiger charge is -2.37. The molecule has 1 aliphatic heterocycles. The molecule has 5 nitrogen and oxygen atoms in total. The lowest BCUT2D eigenvalue weighted by molar-refractivity contribution is -0.138. The van der Waals surface area contributed by atoms with E-state index in [0.29, 0.717) is 42.1 Å². The summed E-state index contributed by atoms with van der Waals surface area (Å²) in [6.07, 6.45) is -4.07. The van der Waals surface area contributed by atoms with Crippen molar-refractivity contribution in [1.82, 2.24) is 14.5 Å². The second-order valence-corrected chi connectivity index (χ2v) is 8.34. The molecule has 0 unspecified atom stereocenters. The minimum Gasteiger partial charge on any atom is -0.372 e. The fourth-order valence-corrected chi connectivity index (χ4v) is 4.29. The van der Waals surface area contributed by atoms with Gasteiger partial charge in [-0.25, -0.2) is 4.98 Å². The van der Waals surface area contributed by atoms with Gasteiger partial charge in [0.05, 0.1) is 23.1 Å². The highest BCUT2D eigenvalue weighted by Gasteiger charge is 2.33. The third kappa shape index (κ3) is 4.60. The lowest BCUT2D eigenvalue weighted by Crippen LogP contribution is -2.46. The smallest absolute Gasteiger partial charge is 0.372 e. The van der Waals surface area contributed by atoms with Crippen LogP contribution in [0, 0.1) is 0 Å². The number of imidazole rings is 1. The molecule has 2 aromatic carbocycles. The topological polar surface area (TPSA) is 41.4 Å². The van der Waals surface area contributed by atoms with Gasteiger partial charge in [0.2, 0.25) is 5.95 Å². The molecule has 1 aromatic heterocycles. The summed E-state index contributed by atoms with van der Waals surface area (Å²) in [7, 11) is 0. The molecule has 0 saturated carbocycles. The van der Waals surface area contributed by atoms with Crippen LogP contribution in [0.2, 0.25) is 0 Å². The third-order valence-electron chi connectivity index (χ3n) is 6.12. The van der Waals surface area contributed by atoms with Gasteiger partial charge < -0.3 is 14.4 Å². The number of ketones is 1. The van der Waals surface area contributed by atoms with Gasteiger partial charge >= 0.3 is 6.18 Å². The van der Waals surface area contributed by atoms with Crippen LogP contribution in [0.3, 0.4) is 0 Å². The number of piperazine rings is 1. The molecule has 174 valence electrons. The van der Waals surface area contributed by atoms with Crippen molar-refractivity contribution in [2.75, 3.05) is 31.1 Å². The molecule has 4 rings (SSSR count). The Bertz CT molecular complexity index is 1190. The second-order valence-electron chi connectivity index (χ2n) is 8.34. The Morgan fingerprint density at radius 3 is 2.42 bits per heavy atom. The number of carbonyl (C=O) groups excluding carboxylic acids is 1. The van der Waals surface area contributed by atoms with E-state index in [1.807, 2.05) is 11.5 Å². The van der Waals surface area contributed by atoms with Gasteiger partial charge in [0.15, 0.2) is 5.78 Å². The Balaban J connectivity index is 1.79. The summed E-state index contributed by atoms with van der Waals surface area (Å²) >= 11 is 0. The van der Waals surface area contributed by atoms with E-state index in [9.17, 15) is 18.0 Å². The van der Waals surface area contributed by atoms with E-state index >= 15 is 0 Å². The molecular formula is C25H27F3N4O. The molecule has 0 bridgehead atoms. The number of benzene rings is 2. The van der Waals surface area contributed by atoms with Crippen LogP contribution in [0.15, 0.2) is 54.7 Å². The summed E-state index contributed by atoms with van der Waals surface area (Å²) in [6.45, 7) is 10.7. The molecule has 1 saturated heterocycles. The number of halogens is 3. The van der Waals surface area contributed by atoms with E-state index in [1.165, 1.54) is 12.1 Å². The molecule has 0 radical (unpaired) electrons. The van der Waals surface area contributed by atoms with Crippen molar-refractivity contribution in [2.24, 2.45) is 0 Å². The molecule has 0 atom stereocenters. The maximum absolute atomic E-state index is 13.7. The minimum atomic E-state index is -4.44. The van der Waals surface area contributed by atoms with Crippen molar-refractivity contribution in [2.45, 2.75) is 33.0 Å². The number of anilines is 1. The van der Waals surface area contributed by atoms with Gasteiger partial charge in [0, 0.05) is 43.9 Å². The minimum absolute atomic E-state index is 0.00508. The summed E-state index contributed by atoms with van der Waals surface area (Å²) in [5.74, 6) is 0.620. The molecule has 0 aliphatic carbocycles. The van der Waals surface area contributed by atoms with Crippen LogP contribution in [-0.4, -0.2) is 46.4 Å². The van der Waals surface area contributed by atoms with Gasteiger partial charge in [0.1, 0.15) is 0 Å². The first-order valence-corrected chi connectivity index (χ1v) is 11.0. The van der Waals surface area contributed by atoms with E-state index in [4.69, 9.17) is 4.98 Å². The number of hydrogen-bond acceptors (Lipinski definition) is 4. The molecule has 0 N–H and O–H groups in total. The Morgan fingerprint density at radius 2 is 1.79 bits per heavy atom. The maximum atomic E-state index is 13.7. The molecular weight excluding hydrogens is 429 g/mol. The standard InChI is InChI=1S/C25H27F3N4O/c1-4-23(33)18-9-10-22-21(15-18)29-24(31-13-11-30(12-14-31)17(2)3)32(22)16-19-7-5-6-8-20(19)25(26,27)28/h5-10,15H,2,4,11-14,16H2,1,3H3. The quantitative estimate of drug-likeness (QED) is 0.469. The fourth-order valence-electron chi connectivity index (χ4n) is 4.29. The van der Waals surface area contributed by atoms with Gasteiger partial charge in [-0.3, -0.25) is 4.79 Å². The van der Waals surface area contributed by atoms with E-state index in [0.717, 1.165) is 24.9 Å². The van der Waals surface area contributed by atoms with Gasteiger partial charge in [-0.1, -0.05) is 31.7 Å². The Kier molecular flexibility index (Phi) is 6.19. The van der Waals surface area contributed by atoms with Crippen molar-refractivity contribution >= 4 is 22.8 Å². The van der Waals surface area contributed by atoms with Gasteiger partial charge in [-0.15, -0.1) is 0 Å². The zero-order chi connectivity index (χ0) is 23.8. The molecule has 0 spiro atoms. The van der Waals surface area contributed by atoms with Gasteiger partial charge in [0.25, 0.3) is 0 Å². The van der Waals surface area contributed by atoms with Gasteiger partial charge in [-0.2, -0.15) is 13.2 Å². The summed E-state index contributed by atoms with van der Waals surface area (Å²) in [4.78, 5) is 21.3.